The van der Waals surface area contributed by atoms with Gasteiger partial charge in [-0.3, -0.25) is 0 Å². The van der Waals surface area contributed by atoms with Crippen LogP contribution in [0.4, 0.5) is 5.69 Å². The number of ether oxygens (including phenoxy) is 10. The maximum Gasteiger partial charge on any atom is 0.119 e. The van der Waals surface area contributed by atoms with Gasteiger partial charge in [0.1, 0.15) is 12.4 Å². The van der Waals surface area contributed by atoms with Crippen molar-refractivity contribution in [3.05, 3.63) is 24.3 Å². The molecule has 0 heterocycles. The highest BCUT2D eigenvalue weighted by molar-refractivity contribution is 5.41. The van der Waals surface area contributed by atoms with Crippen molar-refractivity contribution in [2.24, 2.45) is 0 Å². The lowest BCUT2D eigenvalue weighted by atomic mass is 10.2. The van der Waals surface area contributed by atoms with E-state index >= 15 is 0 Å². The van der Waals surface area contributed by atoms with Gasteiger partial charge in [0.25, 0.3) is 0 Å². The Morgan fingerprint density at radius 1 is 0.381 bits per heavy atom. The van der Waals surface area contributed by atoms with E-state index in [1.807, 2.05) is 12.1 Å². The van der Waals surface area contributed by atoms with Crippen LogP contribution in [0.3, 0.4) is 0 Å². The third kappa shape index (κ3) is 28.6. The van der Waals surface area contributed by atoms with Gasteiger partial charge in [-0.2, -0.15) is 0 Å². The Hall–Kier alpha value is -1.54. The Labute approximate surface area is 253 Å². The van der Waals surface area contributed by atoms with Crippen LogP contribution in [0, 0.1) is 0 Å². The van der Waals surface area contributed by atoms with E-state index in [0.29, 0.717) is 125 Å². The van der Waals surface area contributed by atoms with Crippen LogP contribution in [0.2, 0.25) is 0 Å². The average Bonchev–Trinajstić information content (AvgIpc) is 3.00. The first-order valence-corrected chi connectivity index (χ1v) is 15.5. The first-order valence-electron chi connectivity index (χ1n) is 15.5. The summed E-state index contributed by atoms with van der Waals surface area (Å²) in [6.45, 7) is 12.7. The van der Waals surface area contributed by atoms with E-state index in [1.54, 1.807) is 12.1 Å². The molecule has 2 N–H and O–H groups in total. The van der Waals surface area contributed by atoms with Gasteiger partial charge in [-0.25, -0.2) is 0 Å². The van der Waals surface area contributed by atoms with Gasteiger partial charge in [0.15, 0.2) is 0 Å². The zero-order valence-electron chi connectivity index (χ0n) is 25.9. The quantitative estimate of drug-likeness (QED) is 0.0916. The Bertz CT molecular complexity index is 653. The van der Waals surface area contributed by atoms with Crippen molar-refractivity contribution in [1.82, 2.24) is 0 Å². The predicted octanol–water partition coefficient (Wildman–Crippen LogP) is 3.77. The van der Waals surface area contributed by atoms with E-state index < -0.39 is 0 Å². The van der Waals surface area contributed by atoms with Crippen LogP contribution in [0.25, 0.3) is 0 Å². The largest absolute Gasteiger partial charge is 0.491 e. The van der Waals surface area contributed by atoms with Crippen LogP contribution >= 0.6 is 0 Å². The summed E-state index contributed by atoms with van der Waals surface area (Å²) in [4.78, 5) is 0. The van der Waals surface area contributed by atoms with Gasteiger partial charge in [0.05, 0.1) is 112 Å². The second-order valence-corrected chi connectivity index (χ2v) is 9.34. The van der Waals surface area contributed by atoms with Gasteiger partial charge < -0.3 is 53.1 Å². The minimum atomic E-state index is 0.481. The molecule has 0 aliphatic rings. The molecule has 1 aromatic rings. The van der Waals surface area contributed by atoms with Crippen LogP contribution < -0.4 is 10.5 Å². The van der Waals surface area contributed by atoms with Crippen molar-refractivity contribution in [1.29, 1.82) is 0 Å². The molecule has 0 saturated heterocycles. The number of hydrogen-bond donors (Lipinski definition) is 1. The van der Waals surface area contributed by atoms with Crippen LogP contribution in [0.15, 0.2) is 24.3 Å². The maximum atomic E-state index is 5.64. The third-order valence-corrected chi connectivity index (χ3v) is 5.74. The fourth-order valence-electron chi connectivity index (χ4n) is 3.45. The van der Waals surface area contributed by atoms with E-state index in [0.717, 1.165) is 18.8 Å². The summed E-state index contributed by atoms with van der Waals surface area (Å²) in [6.07, 6.45) is 6.28. The molecule has 0 atom stereocenters. The Kier molecular flexibility index (Phi) is 29.7. The lowest BCUT2D eigenvalue weighted by Crippen LogP contribution is -2.15. The molecule has 0 aromatic heterocycles. The molecule has 0 amide bonds. The van der Waals surface area contributed by atoms with E-state index in [4.69, 9.17) is 53.1 Å². The van der Waals surface area contributed by atoms with Crippen molar-refractivity contribution >= 4 is 5.69 Å². The summed E-state index contributed by atoms with van der Waals surface area (Å²) in [7, 11) is 0. The molecule has 42 heavy (non-hydrogen) atoms. The van der Waals surface area contributed by atoms with Crippen molar-refractivity contribution in [3.8, 4) is 5.75 Å². The number of hydrogen-bond acceptors (Lipinski definition) is 11. The summed E-state index contributed by atoms with van der Waals surface area (Å²) in [5.41, 5.74) is 6.35. The topological polar surface area (TPSA) is 118 Å². The highest BCUT2D eigenvalue weighted by atomic mass is 16.6. The molecule has 1 aromatic carbocycles. The molecular weight excluding hydrogens is 546 g/mol. The number of anilines is 1. The van der Waals surface area contributed by atoms with Crippen LogP contribution in [-0.2, 0) is 42.6 Å². The fourth-order valence-corrected chi connectivity index (χ4v) is 3.45. The Balaban J connectivity index is 1.63. The predicted molar refractivity (Wildman–Crippen MR) is 162 cm³/mol. The summed E-state index contributed by atoms with van der Waals surface area (Å²) in [5, 5.41) is 0. The number of rotatable bonds is 34. The molecule has 0 bridgehead atoms. The summed E-state index contributed by atoms with van der Waals surface area (Å²) in [6, 6.07) is 7.28. The van der Waals surface area contributed by atoms with Gasteiger partial charge >= 0.3 is 0 Å². The van der Waals surface area contributed by atoms with Crippen molar-refractivity contribution < 1.29 is 47.4 Å². The number of benzene rings is 1. The molecule has 0 radical (unpaired) electrons. The molecule has 11 heteroatoms. The molecule has 0 unspecified atom stereocenters. The lowest BCUT2D eigenvalue weighted by molar-refractivity contribution is -0.0254. The summed E-state index contributed by atoms with van der Waals surface area (Å²) in [5.74, 6) is 0.776. The van der Waals surface area contributed by atoms with Gasteiger partial charge in [0, 0.05) is 12.3 Å². The van der Waals surface area contributed by atoms with Gasteiger partial charge in [-0.15, -0.1) is 0 Å². The molecular formula is C31H57NO10. The van der Waals surface area contributed by atoms with Gasteiger partial charge in [0.2, 0.25) is 0 Å². The standard InChI is InChI=1S/C31H57NO10/c1-2-3-4-5-6-11-33-12-13-34-14-15-35-16-17-36-18-19-37-20-21-38-22-23-39-24-25-40-26-27-41-28-29-42-31-9-7-30(32)8-10-31/h7-10H,2-6,11-29,32H2,1H3. The molecule has 0 aliphatic heterocycles. The molecule has 1 rings (SSSR count). The molecule has 0 aliphatic carbocycles. The summed E-state index contributed by atoms with van der Waals surface area (Å²) < 4.78 is 55.0. The maximum absolute atomic E-state index is 5.64. The monoisotopic (exact) mass is 603 g/mol. The van der Waals surface area contributed by atoms with E-state index in [1.165, 1.54) is 25.7 Å². The van der Waals surface area contributed by atoms with Crippen LogP contribution in [-0.4, -0.2) is 126 Å². The minimum absolute atomic E-state index is 0.481. The van der Waals surface area contributed by atoms with Gasteiger partial charge in [-0.1, -0.05) is 32.6 Å². The average molecular weight is 604 g/mol. The van der Waals surface area contributed by atoms with E-state index in [2.05, 4.69) is 6.92 Å². The zero-order chi connectivity index (χ0) is 30.0. The summed E-state index contributed by atoms with van der Waals surface area (Å²) >= 11 is 0. The SMILES string of the molecule is CCCCCCCOCCOCCOCCOCCOCCOCCOCCOCCOCCOc1ccc(N)cc1. The minimum Gasteiger partial charge on any atom is -0.491 e. The number of nitrogens with two attached hydrogens (primary N) is 1. The molecule has 246 valence electrons. The second-order valence-electron chi connectivity index (χ2n) is 9.34. The van der Waals surface area contributed by atoms with Crippen molar-refractivity contribution in [3.63, 3.8) is 0 Å². The van der Waals surface area contributed by atoms with Gasteiger partial charge in [-0.05, 0) is 30.7 Å². The normalized spacial score (nSPS) is 11.4. The molecule has 0 fully saturated rings. The van der Waals surface area contributed by atoms with Crippen molar-refractivity contribution in [2.75, 3.05) is 131 Å². The third-order valence-electron chi connectivity index (χ3n) is 5.74. The van der Waals surface area contributed by atoms with Crippen LogP contribution in [0.1, 0.15) is 39.0 Å². The molecule has 0 saturated carbocycles. The second kappa shape index (κ2) is 32.4. The Morgan fingerprint density at radius 2 is 0.690 bits per heavy atom. The van der Waals surface area contributed by atoms with E-state index in [-0.39, 0.29) is 0 Å². The molecule has 11 nitrogen and oxygen atoms in total. The number of nitrogen functional groups attached to an aromatic ring is 1. The Morgan fingerprint density at radius 3 is 1.05 bits per heavy atom. The highest BCUT2D eigenvalue weighted by Crippen LogP contribution is 2.12. The first-order chi connectivity index (χ1) is 20.8. The lowest BCUT2D eigenvalue weighted by Gasteiger charge is -2.09. The van der Waals surface area contributed by atoms with E-state index in [9.17, 15) is 0 Å². The number of unbranched alkanes of at least 4 members (excludes halogenated alkanes) is 4. The smallest absolute Gasteiger partial charge is 0.119 e. The highest BCUT2D eigenvalue weighted by Gasteiger charge is 1.97. The fraction of sp³-hybridized carbons (Fsp3) is 0.806. The molecule has 0 spiro atoms. The zero-order valence-corrected chi connectivity index (χ0v) is 25.9. The van der Waals surface area contributed by atoms with Crippen molar-refractivity contribution in [2.45, 2.75) is 39.0 Å². The first kappa shape index (κ1) is 38.5. The van der Waals surface area contributed by atoms with Crippen LogP contribution in [0.5, 0.6) is 5.75 Å².